The summed E-state index contributed by atoms with van der Waals surface area (Å²) in [6, 6.07) is 4.38. The van der Waals surface area contributed by atoms with Crippen molar-refractivity contribution in [3.05, 3.63) is 24.2 Å². The first-order valence-electron chi connectivity index (χ1n) is 5.62. The van der Waals surface area contributed by atoms with Crippen molar-refractivity contribution in [2.75, 3.05) is 19.6 Å². The molecule has 0 aromatic carbocycles. The largest absolute Gasteiger partial charge is 0.468 e. The van der Waals surface area contributed by atoms with Gasteiger partial charge >= 0.3 is 0 Å². The maximum atomic E-state index is 5.48. The van der Waals surface area contributed by atoms with E-state index in [1.807, 2.05) is 6.07 Å². The molecule has 1 saturated heterocycles. The highest BCUT2D eigenvalue weighted by molar-refractivity contribution is 5.06. The van der Waals surface area contributed by atoms with Crippen molar-refractivity contribution in [2.24, 2.45) is 0 Å². The predicted octanol–water partition coefficient (Wildman–Crippen LogP) is 2.02. The maximum Gasteiger partial charge on any atom is 0.120 e. The molecule has 2 rings (SSSR count). The molecule has 1 aliphatic heterocycles. The van der Waals surface area contributed by atoms with Crippen molar-refractivity contribution in [2.45, 2.75) is 32.4 Å². The second-order valence-corrected chi connectivity index (χ2v) is 4.87. The third-order valence-corrected chi connectivity index (χ3v) is 3.29. The average molecular weight is 208 g/mol. The van der Waals surface area contributed by atoms with Crippen molar-refractivity contribution < 1.29 is 4.42 Å². The third kappa shape index (κ3) is 2.08. The molecular formula is C12H20N2O. The lowest BCUT2D eigenvalue weighted by molar-refractivity contribution is 0.0427. The highest BCUT2D eigenvalue weighted by atomic mass is 16.3. The summed E-state index contributed by atoms with van der Waals surface area (Å²) in [5.41, 5.74) is 0.199. The summed E-state index contributed by atoms with van der Waals surface area (Å²) >= 11 is 0. The van der Waals surface area contributed by atoms with Gasteiger partial charge in [-0.05, 0) is 32.9 Å². The summed E-state index contributed by atoms with van der Waals surface area (Å²) in [7, 11) is 0. The summed E-state index contributed by atoms with van der Waals surface area (Å²) in [6.45, 7) is 9.95. The Kier molecular flexibility index (Phi) is 2.85. The molecular weight excluding hydrogens is 188 g/mol. The van der Waals surface area contributed by atoms with Gasteiger partial charge in [0.15, 0.2) is 0 Å². The van der Waals surface area contributed by atoms with Gasteiger partial charge in [-0.3, -0.25) is 4.90 Å². The van der Waals surface area contributed by atoms with Gasteiger partial charge in [0.25, 0.3) is 0 Å². The first kappa shape index (κ1) is 10.7. The van der Waals surface area contributed by atoms with Crippen molar-refractivity contribution in [3.63, 3.8) is 0 Å². The zero-order chi connectivity index (χ0) is 10.9. The van der Waals surface area contributed by atoms with E-state index in [2.05, 4.69) is 37.1 Å². The molecule has 1 aromatic rings. The van der Waals surface area contributed by atoms with Gasteiger partial charge in [0.1, 0.15) is 5.76 Å². The molecule has 0 amide bonds. The van der Waals surface area contributed by atoms with Crippen molar-refractivity contribution in [1.82, 2.24) is 10.2 Å². The molecule has 1 aliphatic rings. The lowest BCUT2D eigenvalue weighted by atomic mass is 9.97. The summed E-state index contributed by atoms with van der Waals surface area (Å²) in [6.07, 6.45) is 1.75. The Bertz CT molecular complexity index is 305. The lowest BCUT2D eigenvalue weighted by Crippen LogP contribution is -2.58. The Morgan fingerprint density at radius 3 is 2.93 bits per heavy atom. The molecule has 3 nitrogen and oxygen atoms in total. The number of furan rings is 1. The normalized spacial score (nSPS) is 23.9. The smallest absolute Gasteiger partial charge is 0.120 e. The van der Waals surface area contributed by atoms with E-state index in [9.17, 15) is 0 Å². The highest BCUT2D eigenvalue weighted by Crippen LogP contribution is 2.28. The Balaban J connectivity index is 2.15. The Morgan fingerprint density at radius 2 is 2.33 bits per heavy atom. The minimum absolute atomic E-state index is 0.199. The number of hydrogen-bond donors (Lipinski definition) is 1. The Hall–Kier alpha value is -0.800. The highest BCUT2D eigenvalue weighted by Gasteiger charge is 2.34. The first-order chi connectivity index (χ1) is 7.11. The molecule has 1 aromatic heterocycles. The minimum atomic E-state index is 0.199. The van der Waals surface area contributed by atoms with Crippen LogP contribution in [0.3, 0.4) is 0 Å². The molecule has 0 spiro atoms. The fourth-order valence-corrected chi connectivity index (χ4v) is 2.40. The van der Waals surface area contributed by atoms with Crippen LogP contribution >= 0.6 is 0 Å². The Labute approximate surface area is 91.4 Å². The molecule has 0 bridgehead atoms. The van der Waals surface area contributed by atoms with Crippen LogP contribution in [0, 0.1) is 0 Å². The van der Waals surface area contributed by atoms with Crippen LogP contribution in [0.4, 0.5) is 0 Å². The molecule has 1 atom stereocenters. The molecule has 0 aliphatic carbocycles. The van der Waals surface area contributed by atoms with Gasteiger partial charge in [-0.15, -0.1) is 0 Å². The molecule has 1 N–H and O–H groups in total. The van der Waals surface area contributed by atoms with Crippen LogP contribution in [-0.4, -0.2) is 30.1 Å². The van der Waals surface area contributed by atoms with Crippen LogP contribution in [0.25, 0.3) is 0 Å². The van der Waals surface area contributed by atoms with Crippen LogP contribution in [0.1, 0.15) is 32.6 Å². The predicted molar refractivity (Wildman–Crippen MR) is 60.8 cm³/mol. The fourth-order valence-electron chi connectivity index (χ4n) is 2.40. The number of nitrogens with one attached hydrogen (secondary N) is 1. The van der Waals surface area contributed by atoms with Gasteiger partial charge in [-0.1, -0.05) is 0 Å². The lowest BCUT2D eigenvalue weighted by Gasteiger charge is -2.45. The van der Waals surface area contributed by atoms with Crippen LogP contribution in [0.5, 0.6) is 0 Å². The van der Waals surface area contributed by atoms with E-state index in [1.165, 1.54) is 0 Å². The van der Waals surface area contributed by atoms with Crippen molar-refractivity contribution in [1.29, 1.82) is 0 Å². The second-order valence-electron chi connectivity index (χ2n) is 4.87. The van der Waals surface area contributed by atoms with Crippen LogP contribution in [0.15, 0.2) is 22.8 Å². The summed E-state index contributed by atoms with van der Waals surface area (Å²) in [5.74, 6) is 1.06. The van der Waals surface area contributed by atoms with E-state index >= 15 is 0 Å². The fraction of sp³-hybridized carbons (Fsp3) is 0.667. The summed E-state index contributed by atoms with van der Waals surface area (Å²) in [4.78, 5) is 2.50. The molecule has 0 saturated carbocycles. The van der Waals surface area contributed by atoms with E-state index in [-0.39, 0.29) is 5.54 Å². The molecule has 0 radical (unpaired) electrons. The van der Waals surface area contributed by atoms with Gasteiger partial charge in [0, 0.05) is 25.2 Å². The van der Waals surface area contributed by atoms with Gasteiger partial charge in [-0.25, -0.2) is 0 Å². The van der Waals surface area contributed by atoms with Gasteiger partial charge in [0.05, 0.1) is 12.3 Å². The molecule has 3 heteroatoms. The van der Waals surface area contributed by atoms with E-state index in [1.54, 1.807) is 6.26 Å². The third-order valence-electron chi connectivity index (χ3n) is 3.29. The van der Waals surface area contributed by atoms with Gasteiger partial charge in [-0.2, -0.15) is 0 Å². The molecule has 15 heavy (non-hydrogen) atoms. The zero-order valence-electron chi connectivity index (χ0n) is 9.79. The standard InChI is InChI=1S/C12H20N2O/c1-10(11-5-4-8-15-11)14-7-6-13-9-12(14,2)3/h4-5,8,10,13H,6-7,9H2,1-3H3. The zero-order valence-corrected chi connectivity index (χ0v) is 9.79. The average Bonchev–Trinajstić information content (AvgIpc) is 2.69. The van der Waals surface area contributed by atoms with E-state index in [4.69, 9.17) is 4.42 Å². The summed E-state index contributed by atoms with van der Waals surface area (Å²) < 4.78 is 5.48. The van der Waals surface area contributed by atoms with Crippen molar-refractivity contribution >= 4 is 0 Å². The SMILES string of the molecule is CC(c1ccco1)N1CCNCC1(C)C. The van der Waals surface area contributed by atoms with E-state index in [0.29, 0.717) is 6.04 Å². The number of hydrogen-bond acceptors (Lipinski definition) is 3. The van der Waals surface area contributed by atoms with Crippen LogP contribution < -0.4 is 5.32 Å². The number of nitrogens with zero attached hydrogens (tertiary/aromatic N) is 1. The van der Waals surface area contributed by atoms with Gasteiger partial charge < -0.3 is 9.73 Å². The second kappa shape index (κ2) is 3.99. The number of piperazine rings is 1. The van der Waals surface area contributed by atoms with Crippen LogP contribution in [-0.2, 0) is 0 Å². The van der Waals surface area contributed by atoms with Gasteiger partial charge in [0.2, 0.25) is 0 Å². The van der Waals surface area contributed by atoms with Crippen LogP contribution in [0.2, 0.25) is 0 Å². The minimum Gasteiger partial charge on any atom is -0.468 e. The molecule has 84 valence electrons. The Morgan fingerprint density at radius 1 is 1.53 bits per heavy atom. The quantitative estimate of drug-likeness (QED) is 0.806. The molecule has 1 fully saturated rings. The first-order valence-corrected chi connectivity index (χ1v) is 5.62. The topological polar surface area (TPSA) is 28.4 Å². The van der Waals surface area contributed by atoms with Crippen molar-refractivity contribution in [3.8, 4) is 0 Å². The number of rotatable bonds is 2. The molecule has 2 heterocycles. The van der Waals surface area contributed by atoms with E-state index < -0.39 is 0 Å². The maximum absolute atomic E-state index is 5.48. The molecule has 1 unspecified atom stereocenters. The summed E-state index contributed by atoms with van der Waals surface area (Å²) in [5, 5.41) is 3.43. The monoisotopic (exact) mass is 208 g/mol. The van der Waals surface area contributed by atoms with E-state index in [0.717, 1.165) is 25.4 Å².